The topological polar surface area (TPSA) is 134 Å². The number of urea groups is 1. The quantitative estimate of drug-likeness (QED) is 0.580. The number of carbonyl (C=O) groups is 3. The summed E-state index contributed by atoms with van der Waals surface area (Å²) >= 11 is 5.83. The minimum Gasteiger partial charge on any atom is -0.456 e. The molecule has 0 spiro atoms. The summed E-state index contributed by atoms with van der Waals surface area (Å²) < 4.78 is 4.95. The lowest BCUT2D eigenvalue weighted by molar-refractivity contribution is -0.149. The van der Waals surface area contributed by atoms with Crippen LogP contribution in [0.3, 0.4) is 0 Å². The molecule has 0 aliphatic carbocycles. The predicted octanol–water partition coefficient (Wildman–Crippen LogP) is 2.04. The zero-order chi connectivity index (χ0) is 20.6. The van der Waals surface area contributed by atoms with Crippen LogP contribution in [0.1, 0.15) is 38.8 Å². The highest BCUT2D eigenvalue weighted by Crippen LogP contribution is 2.20. The Hall–Kier alpha value is -2.79. The van der Waals surface area contributed by atoms with Gasteiger partial charge in [-0.2, -0.15) is 5.26 Å². The third kappa shape index (κ3) is 7.15. The van der Waals surface area contributed by atoms with Crippen LogP contribution in [0.15, 0.2) is 24.3 Å². The molecular formula is C18H23ClN4O4. The Kier molecular flexibility index (Phi) is 8.06. The third-order valence-corrected chi connectivity index (χ3v) is 4.36. The second kappa shape index (κ2) is 9.78. The molecule has 8 nitrogen and oxygen atoms in total. The molecular weight excluding hydrogens is 372 g/mol. The standard InChI is InChI=1S/C18H23ClN4O4/c1-11(2)18(3,10-20)23-15(24)9-27-16(25)8-14(22-17(21)26)12-4-6-13(19)7-5-12/h4-7,11,14H,8-9H2,1-3H3,(H,23,24)(H3,21,22,26)/t14-,18+/m1/s1. The Morgan fingerprint density at radius 1 is 1.30 bits per heavy atom. The zero-order valence-corrected chi connectivity index (χ0v) is 16.2. The lowest BCUT2D eigenvalue weighted by Gasteiger charge is -2.27. The maximum atomic E-state index is 12.1. The van der Waals surface area contributed by atoms with Crippen LogP contribution >= 0.6 is 11.6 Å². The van der Waals surface area contributed by atoms with E-state index >= 15 is 0 Å². The summed E-state index contributed by atoms with van der Waals surface area (Å²) in [6, 6.07) is 7.01. The normalized spacial score (nSPS) is 13.8. The first-order valence-electron chi connectivity index (χ1n) is 8.26. The highest BCUT2D eigenvalue weighted by molar-refractivity contribution is 6.30. The summed E-state index contributed by atoms with van der Waals surface area (Å²) in [6.07, 6.45) is -0.225. The fourth-order valence-corrected chi connectivity index (χ4v) is 2.24. The predicted molar refractivity (Wildman–Crippen MR) is 99.5 cm³/mol. The van der Waals surface area contributed by atoms with Crippen molar-refractivity contribution in [2.45, 2.75) is 38.8 Å². The number of nitriles is 1. The molecule has 4 N–H and O–H groups in total. The summed E-state index contributed by atoms with van der Waals surface area (Å²) in [6.45, 7) is 4.64. The molecule has 0 fully saturated rings. The van der Waals surface area contributed by atoms with Gasteiger partial charge in [-0.25, -0.2) is 4.79 Å². The van der Waals surface area contributed by atoms with E-state index in [1.165, 1.54) is 0 Å². The molecule has 0 radical (unpaired) electrons. The van der Waals surface area contributed by atoms with Crippen LogP contribution in [0, 0.1) is 17.2 Å². The van der Waals surface area contributed by atoms with E-state index in [2.05, 4.69) is 10.6 Å². The molecule has 0 saturated carbocycles. The van der Waals surface area contributed by atoms with Crippen molar-refractivity contribution in [3.63, 3.8) is 0 Å². The van der Waals surface area contributed by atoms with E-state index in [4.69, 9.17) is 22.1 Å². The second-order valence-electron chi connectivity index (χ2n) is 6.49. The molecule has 0 heterocycles. The first kappa shape index (κ1) is 22.3. The van der Waals surface area contributed by atoms with E-state index in [1.54, 1.807) is 45.0 Å². The fraction of sp³-hybridized carbons (Fsp3) is 0.444. The smallest absolute Gasteiger partial charge is 0.312 e. The number of hydrogen-bond acceptors (Lipinski definition) is 5. The van der Waals surface area contributed by atoms with E-state index < -0.39 is 36.1 Å². The van der Waals surface area contributed by atoms with Gasteiger partial charge in [0.1, 0.15) is 5.54 Å². The zero-order valence-electron chi connectivity index (χ0n) is 15.4. The van der Waals surface area contributed by atoms with Crippen molar-refractivity contribution in [3.05, 3.63) is 34.9 Å². The molecule has 1 rings (SSSR count). The lowest BCUT2D eigenvalue weighted by Crippen LogP contribution is -2.50. The number of carbonyl (C=O) groups excluding carboxylic acids is 3. The van der Waals surface area contributed by atoms with Crippen LogP contribution in [-0.2, 0) is 14.3 Å². The van der Waals surface area contributed by atoms with Crippen molar-refractivity contribution < 1.29 is 19.1 Å². The molecule has 3 amide bonds. The van der Waals surface area contributed by atoms with Gasteiger partial charge in [-0.3, -0.25) is 9.59 Å². The molecule has 0 aromatic heterocycles. The summed E-state index contributed by atoms with van der Waals surface area (Å²) in [5.74, 6) is -1.43. The molecule has 1 aromatic carbocycles. The summed E-state index contributed by atoms with van der Waals surface area (Å²) in [4.78, 5) is 35.2. The Balaban J connectivity index is 2.66. The van der Waals surface area contributed by atoms with Gasteiger partial charge in [0, 0.05) is 5.02 Å². The summed E-state index contributed by atoms with van der Waals surface area (Å²) in [7, 11) is 0. The number of primary amides is 1. The van der Waals surface area contributed by atoms with Crippen molar-refractivity contribution >= 4 is 29.5 Å². The van der Waals surface area contributed by atoms with Gasteiger partial charge in [-0.05, 0) is 30.5 Å². The maximum Gasteiger partial charge on any atom is 0.312 e. The van der Waals surface area contributed by atoms with Gasteiger partial charge in [0.25, 0.3) is 5.91 Å². The number of rotatable bonds is 8. The Morgan fingerprint density at radius 3 is 2.37 bits per heavy atom. The van der Waals surface area contributed by atoms with Crippen LogP contribution in [0.2, 0.25) is 5.02 Å². The number of halogens is 1. The van der Waals surface area contributed by atoms with Crippen LogP contribution in [0.25, 0.3) is 0 Å². The van der Waals surface area contributed by atoms with Crippen LogP contribution in [-0.4, -0.2) is 30.1 Å². The average Bonchev–Trinajstić information content (AvgIpc) is 2.59. The molecule has 27 heavy (non-hydrogen) atoms. The van der Waals surface area contributed by atoms with Gasteiger partial charge in [0.2, 0.25) is 0 Å². The van der Waals surface area contributed by atoms with Gasteiger partial charge in [-0.1, -0.05) is 37.6 Å². The lowest BCUT2D eigenvalue weighted by atomic mass is 9.90. The number of ether oxygens (including phenoxy) is 1. The number of hydrogen-bond donors (Lipinski definition) is 3. The fourth-order valence-electron chi connectivity index (χ4n) is 2.12. The van der Waals surface area contributed by atoms with Crippen molar-refractivity contribution in [1.29, 1.82) is 5.26 Å². The molecule has 9 heteroatoms. The first-order chi connectivity index (χ1) is 12.6. The maximum absolute atomic E-state index is 12.1. The van der Waals surface area contributed by atoms with Crippen LogP contribution < -0.4 is 16.4 Å². The largest absolute Gasteiger partial charge is 0.456 e. The molecule has 1 aromatic rings. The van der Waals surface area contributed by atoms with E-state index in [-0.39, 0.29) is 12.3 Å². The monoisotopic (exact) mass is 394 g/mol. The number of nitrogens with zero attached hydrogens (tertiary/aromatic N) is 1. The van der Waals surface area contributed by atoms with Crippen molar-refractivity contribution in [1.82, 2.24) is 10.6 Å². The highest BCUT2D eigenvalue weighted by atomic mass is 35.5. The van der Waals surface area contributed by atoms with Gasteiger partial charge < -0.3 is 21.1 Å². The van der Waals surface area contributed by atoms with E-state index in [1.807, 2.05) is 6.07 Å². The molecule has 0 bridgehead atoms. The summed E-state index contributed by atoms with van der Waals surface area (Å²) in [5.41, 5.74) is 4.69. The van der Waals surface area contributed by atoms with Crippen molar-refractivity contribution in [3.8, 4) is 6.07 Å². The van der Waals surface area contributed by atoms with Crippen LogP contribution in [0.4, 0.5) is 4.79 Å². The van der Waals surface area contributed by atoms with Gasteiger partial charge in [-0.15, -0.1) is 0 Å². The van der Waals surface area contributed by atoms with Gasteiger partial charge in [0.05, 0.1) is 18.5 Å². The van der Waals surface area contributed by atoms with Crippen LogP contribution in [0.5, 0.6) is 0 Å². The SMILES string of the molecule is CC(C)[C@](C)(C#N)NC(=O)COC(=O)C[C@@H](NC(N)=O)c1ccc(Cl)cc1. The molecule has 0 aliphatic heterocycles. The molecule has 146 valence electrons. The Bertz CT molecular complexity index is 730. The minimum absolute atomic E-state index is 0.129. The second-order valence-corrected chi connectivity index (χ2v) is 6.93. The van der Waals surface area contributed by atoms with Crippen molar-refractivity contribution in [2.24, 2.45) is 11.7 Å². The average molecular weight is 395 g/mol. The molecule has 2 atom stereocenters. The van der Waals surface area contributed by atoms with E-state index in [0.29, 0.717) is 10.6 Å². The Morgan fingerprint density at radius 2 is 1.89 bits per heavy atom. The summed E-state index contributed by atoms with van der Waals surface area (Å²) in [5, 5.41) is 14.7. The van der Waals surface area contributed by atoms with Gasteiger partial charge in [0.15, 0.2) is 6.61 Å². The Labute approximate surface area is 163 Å². The molecule has 0 saturated heterocycles. The minimum atomic E-state index is -1.07. The number of nitrogens with two attached hydrogens (primary N) is 1. The number of benzene rings is 1. The highest BCUT2D eigenvalue weighted by Gasteiger charge is 2.30. The number of nitrogens with one attached hydrogen (secondary N) is 2. The molecule has 0 aliphatic rings. The third-order valence-electron chi connectivity index (χ3n) is 4.11. The van der Waals surface area contributed by atoms with Gasteiger partial charge >= 0.3 is 12.0 Å². The first-order valence-corrected chi connectivity index (χ1v) is 8.64. The molecule has 0 unspecified atom stereocenters. The number of esters is 1. The number of amides is 3. The van der Waals surface area contributed by atoms with E-state index in [9.17, 15) is 19.6 Å². The van der Waals surface area contributed by atoms with Crippen molar-refractivity contribution in [2.75, 3.05) is 6.61 Å². The van der Waals surface area contributed by atoms with E-state index in [0.717, 1.165) is 0 Å².